The van der Waals surface area contributed by atoms with E-state index >= 15 is 0 Å². The van der Waals surface area contributed by atoms with Crippen LogP contribution < -0.4 is 10.6 Å². The van der Waals surface area contributed by atoms with Crippen molar-refractivity contribution in [3.63, 3.8) is 0 Å². The largest absolute Gasteiger partial charge is 0.481 e. The van der Waals surface area contributed by atoms with Crippen molar-refractivity contribution in [2.75, 3.05) is 19.6 Å². The Morgan fingerprint density at radius 3 is 3.00 bits per heavy atom. The van der Waals surface area contributed by atoms with Gasteiger partial charge in [0, 0.05) is 26.1 Å². The summed E-state index contributed by atoms with van der Waals surface area (Å²) in [6, 6.07) is 0. The maximum absolute atomic E-state index is 10.7. The topological polar surface area (TPSA) is 100 Å². The van der Waals surface area contributed by atoms with Crippen molar-refractivity contribution in [1.82, 2.24) is 20.8 Å². The van der Waals surface area contributed by atoms with Crippen LogP contribution in [0.4, 0.5) is 0 Å². The summed E-state index contributed by atoms with van der Waals surface area (Å²) in [4.78, 5) is 14.6. The lowest BCUT2D eigenvalue weighted by Crippen LogP contribution is -2.68. The molecular formula is C9H14N4O3. The lowest BCUT2D eigenvalue weighted by Gasteiger charge is -2.42. The summed E-state index contributed by atoms with van der Waals surface area (Å²) in [5.41, 5.74) is -0.310. The van der Waals surface area contributed by atoms with E-state index in [4.69, 9.17) is 5.11 Å². The van der Waals surface area contributed by atoms with Gasteiger partial charge >= 0.3 is 5.97 Å². The van der Waals surface area contributed by atoms with Crippen LogP contribution in [0.25, 0.3) is 0 Å². The molecular weight excluding hydrogens is 212 g/mol. The molecule has 1 fully saturated rings. The van der Waals surface area contributed by atoms with E-state index in [1.807, 2.05) is 0 Å². The Balaban J connectivity index is 1.77. The standard InChI is InChI=1S/C9H14N4O3/c14-8(15)3-9(4-10-5-9)12-2-1-7-11-6-16-13-7/h6,10,12H,1-5H2,(H,14,15). The summed E-state index contributed by atoms with van der Waals surface area (Å²) in [5, 5.41) is 18.8. The van der Waals surface area contributed by atoms with Crippen LogP contribution in [0.2, 0.25) is 0 Å². The van der Waals surface area contributed by atoms with Gasteiger partial charge in [0.05, 0.1) is 12.0 Å². The van der Waals surface area contributed by atoms with Gasteiger partial charge in [0.2, 0.25) is 6.39 Å². The third-order valence-corrected chi connectivity index (χ3v) is 2.67. The number of carboxylic acid groups (broad SMARTS) is 1. The highest BCUT2D eigenvalue weighted by molar-refractivity contribution is 5.68. The fraction of sp³-hybridized carbons (Fsp3) is 0.667. The van der Waals surface area contributed by atoms with E-state index in [2.05, 4.69) is 25.3 Å². The normalized spacial score (nSPS) is 18.0. The Morgan fingerprint density at radius 2 is 2.50 bits per heavy atom. The average molecular weight is 226 g/mol. The number of nitrogens with one attached hydrogen (secondary N) is 2. The lowest BCUT2D eigenvalue weighted by molar-refractivity contribution is -0.139. The molecule has 88 valence electrons. The number of hydrogen-bond acceptors (Lipinski definition) is 6. The van der Waals surface area contributed by atoms with Crippen molar-refractivity contribution in [3.05, 3.63) is 12.2 Å². The van der Waals surface area contributed by atoms with Crippen LogP contribution in [0.1, 0.15) is 12.2 Å². The lowest BCUT2D eigenvalue weighted by atomic mass is 9.88. The molecule has 2 rings (SSSR count). The molecule has 0 amide bonds. The van der Waals surface area contributed by atoms with Crippen LogP contribution in [0.5, 0.6) is 0 Å². The molecule has 0 unspecified atom stereocenters. The predicted molar refractivity (Wildman–Crippen MR) is 53.9 cm³/mol. The summed E-state index contributed by atoms with van der Waals surface area (Å²) in [6.45, 7) is 2.02. The summed E-state index contributed by atoms with van der Waals surface area (Å²) >= 11 is 0. The molecule has 7 heteroatoms. The fourth-order valence-corrected chi connectivity index (χ4v) is 1.77. The van der Waals surface area contributed by atoms with E-state index in [-0.39, 0.29) is 12.0 Å². The minimum absolute atomic E-state index is 0.131. The number of rotatable bonds is 6. The zero-order valence-electron chi connectivity index (χ0n) is 8.77. The van der Waals surface area contributed by atoms with E-state index in [1.54, 1.807) is 0 Å². The number of hydrogen-bond donors (Lipinski definition) is 3. The van der Waals surface area contributed by atoms with Gasteiger partial charge in [-0.25, -0.2) is 0 Å². The van der Waals surface area contributed by atoms with Gasteiger partial charge in [0.25, 0.3) is 0 Å². The van der Waals surface area contributed by atoms with Crippen LogP contribution in [0.3, 0.4) is 0 Å². The smallest absolute Gasteiger partial charge is 0.305 e. The quantitative estimate of drug-likeness (QED) is 0.573. The molecule has 1 aliphatic heterocycles. The zero-order chi connectivity index (χ0) is 11.4. The Morgan fingerprint density at radius 1 is 1.69 bits per heavy atom. The van der Waals surface area contributed by atoms with Crippen molar-refractivity contribution < 1.29 is 14.4 Å². The third kappa shape index (κ3) is 2.56. The minimum atomic E-state index is -0.784. The second-order valence-corrected chi connectivity index (χ2v) is 3.98. The second kappa shape index (κ2) is 4.58. The molecule has 2 heterocycles. The van der Waals surface area contributed by atoms with Gasteiger partial charge in [0.15, 0.2) is 5.82 Å². The first-order chi connectivity index (χ1) is 7.70. The van der Waals surface area contributed by atoms with Gasteiger partial charge in [-0.3, -0.25) is 4.79 Å². The number of carboxylic acids is 1. The van der Waals surface area contributed by atoms with Gasteiger partial charge in [-0.15, -0.1) is 0 Å². The van der Waals surface area contributed by atoms with Crippen LogP contribution in [0, 0.1) is 0 Å². The number of aliphatic carboxylic acids is 1. The van der Waals surface area contributed by atoms with Gasteiger partial charge < -0.3 is 20.3 Å². The van der Waals surface area contributed by atoms with Gasteiger partial charge in [0.1, 0.15) is 0 Å². The molecule has 0 aliphatic carbocycles. The maximum atomic E-state index is 10.7. The highest BCUT2D eigenvalue weighted by Crippen LogP contribution is 2.15. The van der Waals surface area contributed by atoms with Crippen LogP contribution in [0.15, 0.2) is 10.9 Å². The van der Waals surface area contributed by atoms with Crippen molar-refractivity contribution >= 4 is 5.97 Å². The molecule has 1 aliphatic rings. The Bertz CT molecular complexity index is 348. The number of carbonyl (C=O) groups is 1. The Kier molecular flexibility index (Phi) is 3.16. The maximum Gasteiger partial charge on any atom is 0.305 e. The summed E-state index contributed by atoms with van der Waals surface area (Å²) < 4.78 is 4.61. The Labute approximate surface area is 92.2 Å². The summed E-state index contributed by atoms with van der Waals surface area (Å²) in [5.74, 6) is -0.154. The highest BCUT2D eigenvalue weighted by atomic mass is 16.5. The predicted octanol–water partition coefficient (Wildman–Crippen LogP) is -0.982. The van der Waals surface area contributed by atoms with Gasteiger partial charge in [-0.2, -0.15) is 4.98 Å². The van der Waals surface area contributed by atoms with Crippen molar-refractivity contribution in [2.45, 2.75) is 18.4 Å². The minimum Gasteiger partial charge on any atom is -0.481 e. The molecule has 0 saturated carbocycles. The van der Waals surface area contributed by atoms with E-state index in [0.717, 1.165) is 0 Å². The molecule has 1 aromatic heterocycles. The first-order valence-corrected chi connectivity index (χ1v) is 5.13. The Hall–Kier alpha value is -1.47. The van der Waals surface area contributed by atoms with Crippen molar-refractivity contribution in [1.29, 1.82) is 0 Å². The molecule has 0 bridgehead atoms. The van der Waals surface area contributed by atoms with E-state index in [0.29, 0.717) is 31.9 Å². The highest BCUT2D eigenvalue weighted by Gasteiger charge is 2.38. The van der Waals surface area contributed by atoms with Crippen molar-refractivity contribution in [2.24, 2.45) is 0 Å². The molecule has 7 nitrogen and oxygen atoms in total. The fourth-order valence-electron chi connectivity index (χ4n) is 1.77. The summed E-state index contributed by atoms with van der Waals surface area (Å²) in [7, 11) is 0. The molecule has 3 N–H and O–H groups in total. The molecule has 1 saturated heterocycles. The monoisotopic (exact) mass is 226 g/mol. The second-order valence-electron chi connectivity index (χ2n) is 3.98. The molecule has 0 radical (unpaired) electrons. The molecule has 0 aromatic carbocycles. The molecule has 16 heavy (non-hydrogen) atoms. The van der Waals surface area contributed by atoms with Crippen molar-refractivity contribution in [3.8, 4) is 0 Å². The van der Waals surface area contributed by atoms with Crippen LogP contribution in [-0.4, -0.2) is 46.4 Å². The first kappa shape index (κ1) is 11.0. The van der Waals surface area contributed by atoms with Crippen LogP contribution >= 0.6 is 0 Å². The van der Waals surface area contributed by atoms with Gasteiger partial charge in [-0.05, 0) is 0 Å². The SMILES string of the molecule is O=C(O)CC1(NCCc2ncon2)CNC1. The number of nitrogens with zero attached hydrogens (tertiary/aromatic N) is 2. The third-order valence-electron chi connectivity index (χ3n) is 2.67. The zero-order valence-corrected chi connectivity index (χ0v) is 8.77. The van der Waals surface area contributed by atoms with E-state index in [1.165, 1.54) is 6.39 Å². The van der Waals surface area contributed by atoms with Crippen LogP contribution in [-0.2, 0) is 11.2 Å². The van der Waals surface area contributed by atoms with E-state index in [9.17, 15) is 4.79 Å². The first-order valence-electron chi connectivity index (χ1n) is 5.13. The average Bonchev–Trinajstić information content (AvgIpc) is 2.66. The molecule has 0 spiro atoms. The number of aromatic nitrogens is 2. The molecule has 0 atom stereocenters. The summed E-state index contributed by atoms with van der Waals surface area (Å²) in [6.07, 6.45) is 2.05. The van der Waals surface area contributed by atoms with E-state index < -0.39 is 5.97 Å². The molecule has 1 aromatic rings. The van der Waals surface area contributed by atoms with Gasteiger partial charge in [-0.1, -0.05) is 5.16 Å².